The van der Waals surface area contributed by atoms with Crippen molar-refractivity contribution < 1.29 is 23.1 Å². The highest BCUT2D eigenvalue weighted by atomic mass is 32.2. The Morgan fingerprint density at radius 1 is 1.21 bits per heavy atom. The molecule has 9 heteroatoms. The Kier molecular flexibility index (Phi) is 5.57. The fourth-order valence-corrected chi connectivity index (χ4v) is 4.55. The normalized spacial score (nSPS) is 11.5. The maximum absolute atomic E-state index is 11.6. The van der Waals surface area contributed by atoms with Crippen LogP contribution in [0.3, 0.4) is 0 Å². The number of methoxy groups -OCH3 is 1. The molecular weight excluding hydrogens is 400 g/mol. The lowest BCUT2D eigenvalue weighted by atomic mass is 10.2. The van der Waals surface area contributed by atoms with Gasteiger partial charge in [0.25, 0.3) is 0 Å². The van der Waals surface area contributed by atoms with Crippen molar-refractivity contribution in [3.8, 4) is 5.75 Å². The Bertz CT molecular complexity index is 1140. The third-order valence-corrected chi connectivity index (χ3v) is 5.98. The summed E-state index contributed by atoms with van der Waals surface area (Å²) in [6.45, 7) is 1.68. The van der Waals surface area contributed by atoms with E-state index in [1.807, 2.05) is 31.2 Å². The first-order valence-corrected chi connectivity index (χ1v) is 11.0. The number of aromatic nitrogens is 1. The van der Waals surface area contributed by atoms with Gasteiger partial charge in [-0.05, 0) is 49.4 Å². The second-order valence-corrected chi connectivity index (χ2v) is 9.11. The molecule has 7 nitrogen and oxygen atoms in total. The number of fused-ring (bicyclic) bond motifs is 1. The Hall–Kier alpha value is -2.65. The summed E-state index contributed by atoms with van der Waals surface area (Å²) >= 11 is 1.49. The largest absolute Gasteiger partial charge is 0.497 e. The van der Waals surface area contributed by atoms with Gasteiger partial charge in [-0.2, -0.15) is 0 Å². The molecule has 0 unspecified atom stereocenters. The summed E-state index contributed by atoms with van der Waals surface area (Å²) in [7, 11) is -1.82. The second kappa shape index (κ2) is 7.76. The highest BCUT2D eigenvalue weighted by Crippen LogP contribution is 2.39. The number of carbonyl (C=O) groups is 1. The molecule has 3 aromatic rings. The quantitative estimate of drug-likeness (QED) is 0.606. The molecule has 0 aliphatic rings. The monoisotopic (exact) mass is 420 g/mol. The topological polar surface area (TPSA) is 97.6 Å². The zero-order chi connectivity index (χ0) is 20.5. The molecular formula is C19H20N2O5S2. The molecule has 2 N–H and O–H groups in total. The number of carboxylic acid groups (broad SMARTS) is 1. The van der Waals surface area contributed by atoms with E-state index in [2.05, 4.69) is 4.72 Å². The number of benzene rings is 2. The fraction of sp³-hybridized carbons (Fsp3) is 0.211. The average molecular weight is 421 g/mol. The first kappa shape index (κ1) is 20.1. The first-order chi connectivity index (χ1) is 13.2. The smallest absolute Gasteiger partial charge is 0.323 e. The van der Waals surface area contributed by atoms with Crippen LogP contribution in [0.4, 0.5) is 5.69 Å². The van der Waals surface area contributed by atoms with Crippen LogP contribution in [0.2, 0.25) is 0 Å². The molecule has 0 bridgehead atoms. The Morgan fingerprint density at radius 2 is 1.89 bits per heavy atom. The Labute approximate surface area is 167 Å². The van der Waals surface area contributed by atoms with E-state index in [1.165, 1.54) is 11.8 Å². The molecule has 0 saturated carbocycles. The molecule has 0 radical (unpaired) electrons. The summed E-state index contributed by atoms with van der Waals surface area (Å²) in [5.74, 6) is -0.201. The lowest BCUT2D eigenvalue weighted by Gasteiger charge is -2.06. The molecule has 3 rings (SSSR count). The van der Waals surface area contributed by atoms with Crippen molar-refractivity contribution >= 4 is 44.3 Å². The SMILES string of the molecule is COc1ccc(Sc2c(C)n(CC(=O)O)c3ccc(NS(C)(=O)=O)cc23)cc1. The summed E-state index contributed by atoms with van der Waals surface area (Å²) in [6.07, 6.45) is 1.09. The average Bonchev–Trinajstić information content (AvgIpc) is 2.86. The number of nitrogens with one attached hydrogen (secondary N) is 1. The number of anilines is 1. The van der Waals surface area contributed by atoms with Crippen molar-refractivity contribution in [2.24, 2.45) is 0 Å². The van der Waals surface area contributed by atoms with E-state index in [1.54, 1.807) is 29.9 Å². The lowest BCUT2D eigenvalue weighted by Crippen LogP contribution is -2.10. The molecule has 148 valence electrons. The molecule has 0 fully saturated rings. The maximum Gasteiger partial charge on any atom is 0.323 e. The number of hydrogen-bond donors (Lipinski definition) is 2. The summed E-state index contributed by atoms with van der Waals surface area (Å²) in [5, 5.41) is 10.1. The van der Waals surface area contributed by atoms with Gasteiger partial charge in [-0.1, -0.05) is 11.8 Å². The molecule has 28 heavy (non-hydrogen) atoms. The number of carboxylic acids is 1. The minimum absolute atomic E-state index is 0.176. The fourth-order valence-electron chi connectivity index (χ4n) is 2.96. The van der Waals surface area contributed by atoms with Crippen LogP contribution in [-0.4, -0.2) is 37.4 Å². The van der Waals surface area contributed by atoms with Gasteiger partial charge in [0.15, 0.2) is 0 Å². The van der Waals surface area contributed by atoms with E-state index in [0.717, 1.165) is 38.4 Å². The maximum atomic E-state index is 11.6. The van der Waals surface area contributed by atoms with E-state index in [4.69, 9.17) is 4.74 Å². The Morgan fingerprint density at radius 3 is 2.46 bits per heavy atom. The van der Waals surface area contributed by atoms with Crippen LogP contribution < -0.4 is 9.46 Å². The van der Waals surface area contributed by atoms with Gasteiger partial charge >= 0.3 is 5.97 Å². The zero-order valence-corrected chi connectivity index (χ0v) is 17.2. The molecule has 0 aliphatic carbocycles. The highest BCUT2D eigenvalue weighted by Gasteiger charge is 2.18. The lowest BCUT2D eigenvalue weighted by molar-refractivity contribution is -0.137. The van der Waals surface area contributed by atoms with Crippen molar-refractivity contribution in [2.45, 2.75) is 23.3 Å². The third-order valence-electron chi connectivity index (χ3n) is 4.14. The van der Waals surface area contributed by atoms with Crippen molar-refractivity contribution in [1.82, 2.24) is 4.57 Å². The van der Waals surface area contributed by atoms with Crippen molar-refractivity contribution in [3.63, 3.8) is 0 Å². The summed E-state index contributed by atoms with van der Waals surface area (Å²) < 4.78 is 32.5. The van der Waals surface area contributed by atoms with Gasteiger partial charge in [0, 0.05) is 26.6 Å². The number of sulfonamides is 1. The molecule has 1 aromatic heterocycles. The molecule has 0 saturated heterocycles. The van der Waals surface area contributed by atoms with Gasteiger partial charge in [0.1, 0.15) is 12.3 Å². The second-order valence-electron chi connectivity index (χ2n) is 6.28. The van der Waals surface area contributed by atoms with Crippen LogP contribution in [0, 0.1) is 6.92 Å². The first-order valence-electron chi connectivity index (χ1n) is 8.32. The van der Waals surface area contributed by atoms with Gasteiger partial charge < -0.3 is 14.4 Å². The van der Waals surface area contributed by atoms with Crippen LogP contribution in [-0.2, 0) is 21.4 Å². The van der Waals surface area contributed by atoms with Gasteiger partial charge in [0.05, 0.1) is 18.9 Å². The van der Waals surface area contributed by atoms with Crippen molar-refractivity contribution in [1.29, 1.82) is 0 Å². The molecule has 0 amide bonds. The minimum atomic E-state index is -3.42. The summed E-state index contributed by atoms with van der Waals surface area (Å²) in [4.78, 5) is 13.2. The van der Waals surface area contributed by atoms with E-state index in [9.17, 15) is 18.3 Å². The zero-order valence-electron chi connectivity index (χ0n) is 15.6. The van der Waals surface area contributed by atoms with Crippen LogP contribution in [0.1, 0.15) is 5.69 Å². The number of hydrogen-bond acceptors (Lipinski definition) is 5. The van der Waals surface area contributed by atoms with Crippen molar-refractivity contribution in [2.75, 3.05) is 18.1 Å². The minimum Gasteiger partial charge on any atom is -0.497 e. The summed E-state index contributed by atoms with van der Waals surface area (Å²) in [5.41, 5.74) is 1.96. The number of aliphatic carboxylic acids is 1. The van der Waals surface area contributed by atoms with Crippen LogP contribution in [0.5, 0.6) is 5.75 Å². The van der Waals surface area contributed by atoms with Crippen LogP contribution >= 0.6 is 11.8 Å². The predicted octanol–water partition coefficient (Wildman–Crippen LogP) is 3.57. The van der Waals surface area contributed by atoms with Gasteiger partial charge in [-0.25, -0.2) is 8.42 Å². The van der Waals surface area contributed by atoms with E-state index < -0.39 is 16.0 Å². The van der Waals surface area contributed by atoms with E-state index in [0.29, 0.717) is 5.69 Å². The van der Waals surface area contributed by atoms with Gasteiger partial charge in [-0.3, -0.25) is 9.52 Å². The van der Waals surface area contributed by atoms with Gasteiger partial charge in [-0.15, -0.1) is 0 Å². The Balaban J connectivity index is 2.12. The highest BCUT2D eigenvalue weighted by molar-refractivity contribution is 7.99. The third kappa shape index (κ3) is 4.42. The number of ether oxygens (including phenoxy) is 1. The molecule has 2 aromatic carbocycles. The molecule has 1 heterocycles. The van der Waals surface area contributed by atoms with Crippen LogP contribution in [0.15, 0.2) is 52.3 Å². The molecule has 0 spiro atoms. The molecule has 0 atom stereocenters. The van der Waals surface area contributed by atoms with Crippen LogP contribution in [0.25, 0.3) is 10.9 Å². The van der Waals surface area contributed by atoms with Crippen molar-refractivity contribution in [3.05, 3.63) is 48.2 Å². The number of rotatable bonds is 7. The van der Waals surface area contributed by atoms with Gasteiger partial charge in [0.2, 0.25) is 10.0 Å². The predicted molar refractivity (Wildman–Crippen MR) is 110 cm³/mol. The standard InChI is InChI=1S/C19H20N2O5S2/c1-12-19(27-15-7-5-14(26-2)6-8-15)16-10-13(20-28(3,24)25)4-9-17(16)21(12)11-18(22)23/h4-10,20H,11H2,1-3H3,(H,22,23). The summed E-state index contributed by atoms with van der Waals surface area (Å²) in [6, 6.07) is 12.6. The number of nitrogens with zero attached hydrogens (tertiary/aromatic N) is 1. The van der Waals surface area contributed by atoms with E-state index >= 15 is 0 Å². The molecule has 0 aliphatic heterocycles. The van der Waals surface area contributed by atoms with E-state index in [-0.39, 0.29) is 6.54 Å².